The van der Waals surface area contributed by atoms with Crippen molar-refractivity contribution >= 4 is 22.8 Å². The lowest BCUT2D eigenvalue weighted by Crippen LogP contribution is -2.50. The smallest absolute Gasteiger partial charge is 0.243 e. The van der Waals surface area contributed by atoms with Crippen LogP contribution in [0.1, 0.15) is 18.4 Å². The van der Waals surface area contributed by atoms with Crippen molar-refractivity contribution in [2.24, 2.45) is 0 Å². The van der Waals surface area contributed by atoms with E-state index in [1.165, 1.54) is 0 Å². The van der Waals surface area contributed by atoms with Crippen LogP contribution in [0, 0.1) is 0 Å². The summed E-state index contributed by atoms with van der Waals surface area (Å²) in [4.78, 5) is 30.0. The molecule has 0 saturated carbocycles. The zero-order valence-electron chi connectivity index (χ0n) is 10.3. The van der Waals surface area contributed by atoms with Gasteiger partial charge in [0, 0.05) is 30.7 Å². The van der Waals surface area contributed by atoms with Crippen molar-refractivity contribution in [1.29, 1.82) is 0 Å². The van der Waals surface area contributed by atoms with E-state index in [0.717, 1.165) is 16.6 Å². The van der Waals surface area contributed by atoms with E-state index >= 15 is 0 Å². The Kier molecular flexibility index (Phi) is 3.00. The van der Waals surface area contributed by atoms with Gasteiger partial charge in [0.25, 0.3) is 0 Å². The van der Waals surface area contributed by atoms with Gasteiger partial charge in [0.05, 0.1) is 6.04 Å². The first-order valence-corrected chi connectivity index (χ1v) is 6.22. The van der Waals surface area contributed by atoms with Crippen LogP contribution in [-0.2, 0) is 16.1 Å². The van der Waals surface area contributed by atoms with Crippen LogP contribution in [0.15, 0.2) is 24.5 Å². The Morgan fingerprint density at radius 2 is 2.32 bits per heavy atom. The Morgan fingerprint density at radius 1 is 1.42 bits per heavy atom. The molecule has 3 heterocycles. The summed E-state index contributed by atoms with van der Waals surface area (Å²) in [5.41, 5.74) is 1.90. The van der Waals surface area contributed by atoms with Crippen molar-refractivity contribution < 1.29 is 9.59 Å². The number of carbonyl (C=O) groups is 2. The highest BCUT2D eigenvalue weighted by atomic mass is 16.2. The van der Waals surface area contributed by atoms with E-state index in [0.29, 0.717) is 19.4 Å². The molecule has 0 radical (unpaired) electrons. The van der Waals surface area contributed by atoms with Crippen LogP contribution in [0.4, 0.5) is 0 Å². The molecular weight excluding hydrogens is 244 g/mol. The van der Waals surface area contributed by atoms with Crippen LogP contribution in [0.25, 0.3) is 11.0 Å². The van der Waals surface area contributed by atoms with Crippen molar-refractivity contribution in [2.75, 3.05) is 0 Å². The number of nitrogens with zero attached hydrogens (tertiary/aromatic N) is 1. The molecule has 3 rings (SSSR count). The van der Waals surface area contributed by atoms with Gasteiger partial charge in [-0.3, -0.25) is 14.9 Å². The summed E-state index contributed by atoms with van der Waals surface area (Å²) in [7, 11) is 0. The number of hydrogen-bond acceptors (Lipinski definition) is 4. The number of rotatable bonds is 3. The fourth-order valence-electron chi connectivity index (χ4n) is 2.28. The SMILES string of the molecule is O=C1CCC(NCc2c[nH]c3ncccc23)C(=O)N1. The number of pyridine rings is 1. The van der Waals surface area contributed by atoms with Crippen LogP contribution in [0.5, 0.6) is 0 Å². The highest BCUT2D eigenvalue weighted by Crippen LogP contribution is 2.16. The first-order valence-electron chi connectivity index (χ1n) is 6.22. The summed E-state index contributed by atoms with van der Waals surface area (Å²) >= 11 is 0. The summed E-state index contributed by atoms with van der Waals surface area (Å²) in [6, 6.07) is 3.56. The fraction of sp³-hybridized carbons (Fsp3) is 0.308. The molecule has 6 nitrogen and oxygen atoms in total. The quantitative estimate of drug-likeness (QED) is 0.698. The average Bonchev–Trinajstić information content (AvgIpc) is 2.81. The number of aromatic amines is 1. The van der Waals surface area contributed by atoms with Crippen LogP contribution in [0.3, 0.4) is 0 Å². The lowest BCUT2D eigenvalue weighted by molar-refractivity contribution is -0.134. The molecule has 2 aromatic heterocycles. The summed E-state index contributed by atoms with van der Waals surface area (Å²) in [6.45, 7) is 0.567. The largest absolute Gasteiger partial charge is 0.346 e. The molecule has 0 bridgehead atoms. The first-order chi connectivity index (χ1) is 9.24. The number of nitrogens with one attached hydrogen (secondary N) is 3. The number of hydrogen-bond donors (Lipinski definition) is 3. The third-order valence-electron chi connectivity index (χ3n) is 3.31. The molecule has 2 amide bonds. The number of H-pyrrole nitrogens is 1. The normalized spacial score (nSPS) is 19.7. The molecule has 1 aliphatic heterocycles. The van der Waals surface area contributed by atoms with Crippen LogP contribution in [-0.4, -0.2) is 27.8 Å². The second kappa shape index (κ2) is 4.81. The molecule has 1 atom stereocenters. The maximum Gasteiger partial charge on any atom is 0.243 e. The topological polar surface area (TPSA) is 86.9 Å². The Bertz CT molecular complexity index is 634. The van der Waals surface area contributed by atoms with Crippen LogP contribution < -0.4 is 10.6 Å². The number of fused-ring (bicyclic) bond motifs is 1. The molecule has 6 heteroatoms. The van der Waals surface area contributed by atoms with Crippen LogP contribution in [0.2, 0.25) is 0 Å². The lowest BCUT2D eigenvalue weighted by Gasteiger charge is -2.21. The maximum atomic E-state index is 11.6. The Labute approximate surface area is 109 Å². The highest BCUT2D eigenvalue weighted by Gasteiger charge is 2.25. The minimum Gasteiger partial charge on any atom is -0.346 e. The molecule has 1 saturated heterocycles. The zero-order chi connectivity index (χ0) is 13.2. The summed E-state index contributed by atoms with van der Waals surface area (Å²) in [6.07, 6.45) is 4.55. The van der Waals surface area contributed by atoms with Gasteiger partial charge in [0.15, 0.2) is 0 Å². The number of piperidine rings is 1. The van der Waals surface area contributed by atoms with Crippen molar-refractivity contribution in [3.63, 3.8) is 0 Å². The predicted molar refractivity (Wildman–Crippen MR) is 69.1 cm³/mol. The number of carbonyl (C=O) groups excluding carboxylic acids is 2. The molecular formula is C13H14N4O2. The second-order valence-electron chi connectivity index (χ2n) is 4.60. The van der Waals surface area contributed by atoms with E-state index in [4.69, 9.17) is 0 Å². The molecule has 1 aliphatic rings. The van der Waals surface area contributed by atoms with Crippen molar-refractivity contribution in [2.45, 2.75) is 25.4 Å². The van der Waals surface area contributed by atoms with Crippen molar-refractivity contribution in [1.82, 2.24) is 20.6 Å². The van der Waals surface area contributed by atoms with Gasteiger partial charge in [-0.25, -0.2) is 4.98 Å². The Hall–Kier alpha value is -2.21. The molecule has 19 heavy (non-hydrogen) atoms. The van der Waals surface area contributed by atoms with E-state index in [2.05, 4.69) is 20.6 Å². The van der Waals surface area contributed by atoms with Gasteiger partial charge in [-0.1, -0.05) is 0 Å². The Balaban J connectivity index is 1.69. The van der Waals surface area contributed by atoms with E-state index in [-0.39, 0.29) is 17.9 Å². The van der Waals surface area contributed by atoms with Crippen LogP contribution >= 0.6 is 0 Å². The van der Waals surface area contributed by atoms with Gasteiger partial charge >= 0.3 is 0 Å². The van der Waals surface area contributed by atoms with E-state index in [9.17, 15) is 9.59 Å². The van der Waals surface area contributed by atoms with Gasteiger partial charge in [0.2, 0.25) is 11.8 Å². The minimum atomic E-state index is -0.306. The Morgan fingerprint density at radius 3 is 3.16 bits per heavy atom. The average molecular weight is 258 g/mol. The fourth-order valence-corrected chi connectivity index (χ4v) is 2.28. The maximum absolute atomic E-state index is 11.6. The molecule has 0 aliphatic carbocycles. The van der Waals surface area contributed by atoms with Crippen molar-refractivity contribution in [3.05, 3.63) is 30.1 Å². The second-order valence-corrected chi connectivity index (χ2v) is 4.60. The van der Waals surface area contributed by atoms with Crippen molar-refractivity contribution in [3.8, 4) is 0 Å². The standard InChI is InChI=1S/C13H14N4O2/c18-11-4-3-10(13(19)17-11)15-6-8-7-16-12-9(8)2-1-5-14-12/h1-2,5,7,10,15H,3-4,6H2,(H,14,16)(H,17,18,19). The minimum absolute atomic E-state index is 0.195. The molecule has 1 unspecified atom stereocenters. The molecule has 3 N–H and O–H groups in total. The van der Waals surface area contributed by atoms with Gasteiger partial charge in [-0.15, -0.1) is 0 Å². The summed E-state index contributed by atoms with van der Waals surface area (Å²) < 4.78 is 0. The molecule has 2 aromatic rings. The lowest BCUT2D eigenvalue weighted by atomic mass is 10.1. The van der Waals surface area contributed by atoms with Gasteiger partial charge in [0.1, 0.15) is 5.65 Å². The summed E-state index contributed by atoms with van der Waals surface area (Å²) in [5.74, 6) is -0.437. The third-order valence-corrected chi connectivity index (χ3v) is 3.31. The molecule has 0 aromatic carbocycles. The summed E-state index contributed by atoms with van der Waals surface area (Å²) in [5, 5.41) is 6.55. The zero-order valence-corrected chi connectivity index (χ0v) is 10.3. The number of amides is 2. The molecule has 1 fully saturated rings. The van der Waals surface area contributed by atoms with E-state index in [1.807, 2.05) is 18.3 Å². The molecule has 98 valence electrons. The van der Waals surface area contributed by atoms with E-state index < -0.39 is 0 Å². The first kappa shape index (κ1) is 11.9. The third kappa shape index (κ3) is 2.34. The number of imide groups is 1. The number of aromatic nitrogens is 2. The highest BCUT2D eigenvalue weighted by molar-refractivity contribution is 6.00. The van der Waals surface area contributed by atoms with E-state index in [1.54, 1.807) is 6.20 Å². The van der Waals surface area contributed by atoms with Gasteiger partial charge in [-0.2, -0.15) is 0 Å². The van der Waals surface area contributed by atoms with Gasteiger partial charge in [-0.05, 0) is 24.1 Å². The monoisotopic (exact) mass is 258 g/mol. The molecule has 0 spiro atoms. The predicted octanol–water partition coefficient (Wildman–Crippen LogP) is 0.458. The van der Waals surface area contributed by atoms with Gasteiger partial charge < -0.3 is 10.3 Å².